The van der Waals surface area contributed by atoms with Gasteiger partial charge in [0.15, 0.2) is 0 Å². The predicted molar refractivity (Wildman–Crippen MR) is 61.8 cm³/mol. The molecule has 1 fully saturated rings. The van der Waals surface area contributed by atoms with Crippen molar-refractivity contribution in [2.24, 2.45) is 0 Å². The van der Waals surface area contributed by atoms with Crippen LogP contribution in [0.15, 0.2) is 0 Å². The van der Waals surface area contributed by atoms with Gasteiger partial charge in [0.2, 0.25) is 5.91 Å². The molecule has 0 spiro atoms. The zero-order valence-corrected chi connectivity index (χ0v) is 9.88. The van der Waals surface area contributed by atoms with E-state index in [1.54, 1.807) is 19.0 Å². The summed E-state index contributed by atoms with van der Waals surface area (Å²) in [5.74, 6) is 0.203. The lowest BCUT2D eigenvalue weighted by Crippen LogP contribution is -2.33. The lowest BCUT2D eigenvalue weighted by Gasteiger charge is -2.16. The average molecular weight is 213 g/mol. The third-order valence-electron chi connectivity index (χ3n) is 2.85. The first-order valence-electron chi connectivity index (χ1n) is 5.84. The van der Waals surface area contributed by atoms with Crippen molar-refractivity contribution in [2.45, 2.75) is 31.7 Å². The van der Waals surface area contributed by atoms with Crippen LogP contribution in [0.4, 0.5) is 0 Å². The summed E-state index contributed by atoms with van der Waals surface area (Å²) >= 11 is 0. The lowest BCUT2D eigenvalue weighted by atomic mass is 10.1. The minimum absolute atomic E-state index is 0.203. The van der Waals surface area contributed by atoms with Gasteiger partial charge < -0.3 is 15.5 Å². The number of amides is 1. The molecule has 0 aromatic heterocycles. The van der Waals surface area contributed by atoms with Gasteiger partial charge in [-0.15, -0.1) is 0 Å². The Morgan fingerprint density at radius 2 is 2.20 bits per heavy atom. The number of hydrogen-bond donors (Lipinski definition) is 2. The summed E-state index contributed by atoms with van der Waals surface area (Å²) in [4.78, 5) is 13.0. The fourth-order valence-electron chi connectivity index (χ4n) is 1.83. The maximum Gasteiger partial charge on any atom is 0.223 e. The fourth-order valence-corrected chi connectivity index (χ4v) is 1.83. The molecular formula is C11H23N3O. The molecule has 0 bridgehead atoms. The van der Waals surface area contributed by atoms with Crippen LogP contribution in [0.2, 0.25) is 0 Å². The van der Waals surface area contributed by atoms with Crippen LogP contribution >= 0.6 is 0 Å². The van der Waals surface area contributed by atoms with Crippen LogP contribution < -0.4 is 10.6 Å². The lowest BCUT2D eigenvalue weighted by molar-refractivity contribution is -0.128. The van der Waals surface area contributed by atoms with E-state index in [2.05, 4.69) is 10.6 Å². The molecular weight excluding hydrogens is 190 g/mol. The number of hydrogen-bond acceptors (Lipinski definition) is 3. The van der Waals surface area contributed by atoms with Crippen LogP contribution in [0.25, 0.3) is 0 Å². The quantitative estimate of drug-likeness (QED) is 0.701. The summed E-state index contributed by atoms with van der Waals surface area (Å²) in [6, 6.07) is 0.593. The van der Waals surface area contributed by atoms with Crippen molar-refractivity contribution in [3.63, 3.8) is 0 Å². The molecule has 4 heteroatoms. The van der Waals surface area contributed by atoms with E-state index in [0.717, 1.165) is 19.6 Å². The van der Waals surface area contributed by atoms with Crippen molar-refractivity contribution in [3.05, 3.63) is 0 Å². The van der Waals surface area contributed by atoms with Crippen LogP contribution in [0.3, 0.4) is 0 Å². The molecule has 0 radical (unpaired) electrons. The van der Waals surface area contributed by atoms with Crippen molar-refractivity contribution >= 4 is 5.91 Å². The van der Waals surface area contributed by atoms with Gasteiger partial charge in [0.1, 0.15) is 0 Å². The zero-order valence-electron chi connectivity index (χ0n) is 9.88. The zero-order chi connectivity index (χ0) is 11.1. The molecule has 1 aliphatic heterocycles. The minimum atomic E-state index is 0.203. The number of carbonyl (C=O) groups is 1. The smallest absolute Gasteiger partial charge is 0.223 e. The molecule has 0 saturated carbocycles. The Bertz CT molecular complexity index is 186. The van der Waals surface area contributed by atoms with Crippen LogP contribution in [0, 0.1) is 0 Å². The maximum absolute atomic E-state index is 11.3. The average Bonchev–Trinajstić information content (AvgIpc) is 2.46. The molecule has 1 saturated heterocycles. The van der Waals surface area contributed by atoms with Crippen molar-refractivity contribution < 1.29 is 4.79 Å². The van der Waals surface area contributed by atoms with Crippen molar-refractivity contribution in [2.75, 3.05) is 33.7 Å². The van der Waals surface area contributed by atoms with Gasteiger partial charge in [-0.3, -0.25) is 4.79 Å². The van der Waals surface area contributed by atoms with Gasteiger partial charge in [0.05, 0.1) is 0 Å². The van der Waals surface area contributed by atoms with Crippen LogP contribution in [0.1, 0.15) is 25.7 Å². The van der Waals surface area contributed by atoms with Crippen molar-refractivity contribution in [1.29, 1.82) is 0 Å². The highest BCUT2D eigenvalue weighted by molar-refractivity contribution is 5.75. The number of carbonyl (C=O) groups excluding carboxylic acids is 1. The summed E-state index contributed by atoms with van der Waals surface area (Å²) in [5, 5.41) is 6.84. The monoisotopic (exact) mass is 213 g/mol. The van der Waals surface area contributed by atoms with E-state index in [9.17, 15) is 4.79 Å². The molecule has 0 aromatic rings. The van der Waals surface area contributed by atoms with Crippen LogP contribution in [-0.4, -0.2) is 50.6 Å². The standard InChI is InChI=1S/C11H23N3O/c1-14(2)11(15)6-9-13-10-4-3-7-12-8-5-10/h10,12-13H,3-9H2,1-2H3. The van der Waals surface area contributed by atoms with Gasteiger partial charge in [0, 0.05) is 33.1 Å². The highest BCUT2D eigenvalue weighted by Crippen LogP contribution is 2.04. The van der Waals surface area contributed by atoms with E-state index in [-0.39, 0.29) is 5.91 Å². The van der Waals surface area contributed by atoms with E-state index in [1.165, 1.54) is 19.3 Å². The van der Waals surface area contributed by atoms with Gasteiger partial charge in [-0.2, -0.15) is 0 Å². The predicted octanol–water partition coefficient (Wildman–Crippen LogP) is 0.196. The van der Waals surface area contributed by atoms with Crippen LogP contribution in [-0.2, 0) is 4.79 Å². The van der Waals surface area contributed by atoms with E-state index < -0.39 is 0 Å². The molecule has 1 heterocycles. The highest BCUT2D eigenvalue weighted by atomic mass is 16.2. The Balaban J connectivity index is 2.10. The van der Waals surface area contributed by atoms with E-state index in [4.69, 9.17) is 0 Å². The van der Waals surface area contributed by atoms with Gasteiger partial charge in [-0.25, -0.2) is 0 Å². The molecule has 15 heavy (non-hydrogen) atoms. The van der Waals surface area contributed by atoms with Gasteiger partial charge in [-0.1, -0.05) is 0 Å². The number of nitrogens with zero attached hydrogens (tertiary/aromatic N) is 1. The molecule has 1 atom stereocenters. The number of rotatable bonds is 4. The molecule has 4 nitrogen and oxygen atoms in total. The van der Waals surface area contributed by atoms with Gasteiger partial charge in [0.25, 0.3) is 0 Å². The molecule has 0 aromatic carbocycles. The Labute approximate surface area is 92.4 Å². The van der Waals surface area contributed by atoms with E-state index >= 15 is 0 Å². The third kappa shape index (κ3) is 5.14. The van der Waals surface area contributed by atoms with E-state index in [0.29, 0.717) is 12.5 Å². The maximum atomic E-state index is 11.3. The molecule has 1 rings (SSSR count). The Morgan fingerprint density at radius 3 is 2.93 bits per heavy atom. The number of nitrogens with one attached hydrogen (secondary N) is 2. The third-order valence-corrected chi connectivity index (χ3v) is 2.85. The highest BCUT2D eigenvalue weighted by Gasteiger charge is 2.11. The molecule has 1 amide bonds. The summed E-state index contributed by atoms with van der Waals surface area (Å²) < 4.78 is 0. The van der Waals surface area contributed by atoms with Crippen molar-refractivity contribution in [1.82, 2.24) is 15.5 Å². The molecule has 1 unspecified atom stereocenters. The molecule has 0 aliphatic carbocycles. The van der Waals surface area contributed by atoms with Gasteiger partial charge >= 0.3 is 0 Å². The Kier molecular flexibility index (Phi) is 5.65. The topological polar surface area (TPSA) is 44.4 Å². The minimum Gasteiger partial charge on any atom is -0.349 e. The second-order valence-corrected chi connectivity index (χ2v) is 4.37. The normalized spacial score (nSPS) is 22.1. The summed E-state index contributed by atoms with van der Waals surface area (Å²) in [6.45, 7) is 3.04. The molecule has 2 N–H and O–H groups in total. The SMILES string of the molecule is CN(C)C(=O)CCNC1CCCNCC1. The largest absolute Gasteiger partial charge is 0.349 e. The Hall–Kier alpha value is -0.610. The summed E-state index contributed by atoms with van der Waals surface area (Å²) in [5.41, 5.74) is 0. The second kappa shape index (κ2) is 6.80. The van der Waals surface area contributed by atoms with E-state index in [1.807, 2.05) is 0 Å². The first-order chi connectivity index (χ1) is 7.20. The van der Waals surface area contributed by atoms with Crippen molar-refractivity contribution in [3.8, 4) is 0 Å². The Morgan fingerprint density at radius 1 is 1.40 bits per heavy atom. The summed E-state index contributed by atoms with van der Waals surface area (Å²) in [7, 11) is 3.61. The first-order valence-corrected chi connectivity index (χ1v) is 5.84. The van der Waals surface area contributed by atoms with Crippen LogP contribution in [0.5, 0.6) is 0 Å². The summed E-state index contributed by atoms with van der Waals surface area (Å²) in [6.07, 6.45) is 4.25. The molecule has 88 valence electrons. The van der Waals surface area contributed by atoms with Gasteiger partial charge in [-0.05, 0) is 32.4 Å². The fraction of sp³-hybridized carbons (Fsp3) is 0.909. The molecule has 1 aliphatic rings. The second-order valence-electron chi connectivity index (χ2n) is 4.37. The first kappa shape index (κ1) is 12.5.